The van der Waals surface area contributed by atoms with Gasteiger partial charge >= 0.3 is 5.97 Å². The molecule has 5 heteroatoms. The highest BCUT2D eigenvalue weighted by Gasteiger charge is 2.10. The van der Waals surface area contributed by atoms with Gasteiger partial charge in [0.1, 0.15) is 11.6 Å². The monoisotopic (exact) mass is 282 g/mol. The zero-order valence-corrected chi connectivity index (χ0v) is 11.7. The van der Waals surface area contributed by atoms with Gasteiger partial charge in [0.25, 0.3) is 0 Å². The summed E-state index contributed by atoms with van der Waals surface area (Å²) >= 11 is 0. The quantitative estimate of drug-likeness (QED) is 0.773. The molecule has 0 aliphatic rings. The minimum Gasteiger partial charge on any atom is -0.497 e. The lowest BCUT2D eigenvalue weighted by molar-refractivity contribution is 0.0697. The summed E-state index contributed by atoms with van der Waals surface area (Å²) in [4.78, 5) is 18.7. The van der Waals surface area contributed by atoms with Gasteiger partial charge < -0.3 is 14.8 Å². The van der Waals surface area contributed by atoms with E-state index in [1.807, 2.05) is 25.1 Å². The zero-order valence-electron chi connectivity index (χ0n) is 11.7. The number of ether oxygens (including phenoxy) is 1. The van der Waals surface area contributed by atoms with Crippen LogP contribution in [0, 0.1) is 6.92 Å². The van der Waals surface area contributed by atoms with Crippen molar-refractivity contribution in [2.24, 2.45) is 0 Å². The smallest absolute Gasteiger partial charge is 0.335 e. The minimum atomic E-state index is -0.950. The van der Waals surface area contributed by atoms with Crippen molar-refractivity contribution in [1.29, 1.82) is 0 Å². The lowest BCUT2D eigenvalue weighted by Crippen LogP contribution is -1.94. The van der Waals surface area contributed by atoms with Crippen molar-refractivity contribution in [2.75, 3.05) is 7.11 Å². The number of nitrogens with zero attached hydrogens (tertiary/aromatic N) is 1. The number of aromatic nitrogens is 2. The number of hydrogen-bond acceptors (Lipinski definition) is 3. The van der Waals surface area contributed by atoms with E-state index >= 15 is 0 Å². The maximum atomic E-state index is 11.0. The summed E-state index contributed by atoms with van der Waals surface area (Å²) in [6.07, 6.45) is 0. The van der Waals surface area contributed by atoms with E-state index in [0.717, 1.165) is 22.4 Å². The summed E-state index contributed by atoms with van der Waals surface area (Å²) in [5, 5.41) is 9.02. The third-order valence-corrected chi connectivity index (χ3v) is 3.42. The number of rotatable bonds is 3. The van der Waals surface area contributed by atoms with Crippen molar-refractivity contribution >= 4 is 17.0 Å². The molecule has 0 bridgehead atoms. The molecule has 0 spiro atoms. The summed E-state index contributed by atoms with van der Waals surface area (Å²) in [6.45, 7) is 1.98. The van der Waals surface area contributed by atoms with Gasteiger partial charge in [-0.1, -0.05) is 0 Å². The van der Waals surface area contributed by atoms with Crippen LogP contribution in [0.15, 0.2) is 36.4 Å². The number of imidazole rings is 1. The van der Waals surface area contributed by atoms with Gasteiger partial charge in [-0.05, 0) is 48.9 Å². The molecule has 3 rings (SSSR count). The van der Waals surface area contributed by atoms with Crippen molar-refractivity contribution in [3.8, 4) is 17.1 Å². The summed E-state index contributed by atoms with van der Waals surface area (Å²) in [5.74, 6) is 0.557. The van der Waals surface area contributed by atoms with Crippen LogP contribution in [0.5, 0.6) is 5.75 Å². The number of nitrogens with one attached hydrogen (secondary N) is 1. The number of carboxylic acid groups (broad SMARTS) is 1. The highest BCUT2D eigenvalue weighted by Crippen LogP contribution is 2.27. The molecule has 2 aromatic carbocycles. The normalized spacial score (nSPS) is 10.8. The largest absolute Gasteiger partial charge is 0.497 e. The highest BCUT2D eigenvalue weighted by atomic mass is 16.5. The minimum absolute atomic E-state index is 0.240. The first-order chi connectivity index (χ1) is 10.1. The van der Waals surface area contributed by atoms with E-state index in [0.29, 0.717) is 11.3 Å². The number of aromatic carboxylic acids is 1. The fraction of sp³-hybridized carbons (Fsp3) is 0.125. The fourth-order valence-electron chi connectivity index (χ4n) is 2.30. The lowest BCUT2D eigenvalue weighted by atomic mass is 10.1. The average molecular weight is 282 g/mol. The van der Waals surface area contributed by atoms with Crippen LogP contribution < -0.4 is 4.74 Å². The molecule has 5 nitrogen and oxygen atoms in total. The third kappa shape index (κ3) is 2.33. The first-order valence-corrected chi connectivity index (χ1v) is 6.46. The molecule has 0 unspecified atom stereocenters. The maximum Gasteiger partial charge on any atom is 0.335 e. The van der Waals surface area contributed by atoms with Crippen LogP contribution in [0.4, 0.5) is 0 Å². The molecule has 0 aliphatic heterocycles. The van der Waals surface area contributed by atoms with Gasteiger partial charge in [0.05, 0.1) is 23.7 Å². The second-order valence-corrected chi connectivity index (χ2v) is 4.80. The number of aromatic amines is 1. The number of H-pyrrole nitrogens is 1. The number of carbonyl (C=O) groups is 1. The van der Waals surface area contributed by atoms with Gasteiger partial charge in [0, 0.05) is 5.56 Å². The van der Waals surface area contributed by atoms with Crippen molar-refractivity contribution in [3.05, 3.63) is 47.5 Å². The molecule has 3 aromatic rings. The van der Waals surface area contributed by atoms with Crippen LogP contribution in [0.25, 0.3) is 22.4 Å². The third-order valence-electron chi connectivity index (χ3n) is 3.42. The Kier molecular flexibility index (Phi) is 3.10. The van der Waals surface area contributed by atoms with Crippen LogP contribution in [0.3, 0.4) is 0 Å². The number of methoxy groups -OCH3 is 1. The van der Waals surface area contributed by atoms with Crippen LogP contribution in [-0.2, 0) is 0 Å². The topological polar surface area (TPSA) is 75.2 Å². The lowest BCUT2D eigenvalue weighted by Gasteiger charge is -2.05. The number of fused-ring (bicyclic) bond motifs is 1. The van der Waals surface area contributed by atoms with E-state index in [1.165, 1.54) is 0 Å². The standard InChI is InChI=1S/C16H14N2O3/c1-9-7-11(21-2)4-5-12(9)15-17-13-6-3-10(16(19)20)8-14(13)18-15/h3-8H,1-2H3,(H,17,18)(H,19,20). The summed E-state index contributed by atoms with van der Waals surface area (Å²) in [5.41, 5.74) is 3.69. The molecule has 0 amide bonds. The molecule has 21 heavy (non-hydrogen) atoms. The number of hydrogen-bond donors (Lipinski definition) is 2. The van der Waals surface area contributed by atoms with E-state index < -0.39 is 5.97 Å². The first-order valence-electron chi connectivity index (χ1n) is 6.46. The average Bonchev–Trinajstić information content (AvgIpc) is 2.89. The van der Waals surface area contributed by atoms with Crippen molar-refractivity contribution in [2.45, 2.75) is 6.92 Å². The number of carboxylic acids is 1. The van der Waals surface area contributed by atoms with Gasteiger partial charge in [-0.3, -0.25) is 0 Å². The SMILES string of the molecule is COc1ccc(-c2nc3ccc(C(=O)O)cc3[nH]2)c(C)c1. The maximum absolute atomic E-state index is 11.0. The molecule has 2 N–H and O–H groups in total. The van der Waals surface area contributed by atoms with Crippen LogP contribution in [-0.4, -0.2) is 28.2 Å². The van der Waals surface area contributed by atoms with Gasteiger partial charge in [-0.25, -0.2) is 9.78 Å². The van der Waals surface area contributed by atoms with Gasteiger partial charge in [-0.15, -0.1) is 0 Å². The van der Waals surface area contributed by atoms with Crippen molar-refractivity contribution < 1.29 is 14.6 Å². The first kappa shape index (κ1) is 13.2. The Morgan fingerprint density at radius 1 is 1.24 bits per heavy atom. The molecule has 0 aliphatic carbocycles. The Morgan fingerprint density at radius 3 is 2.71 bits per heavy atom. The molecule has 0 radical (unpaired) electrons. The molecule has 0 saturated heterocycles. The Hall–Kier alpha value is -2.82. The molecule has 0 fully saturated rings. The molecular formula is C16H14N2O3. The molecule has 0 saturated carbocycles. The zero-order chi connectivity index (χ0) is 15.0. The number of benzene rings is 2. The predicted octanol–water partition coefficient (Wildman–Crippen LogP) is 3.25. The number of aryl methyl sites for hydroxylation is 1. The van der Waals surface area contributed by atoms with Gasteiger partial charge in [0.15, 0.2) is 0 Å². The highest BCUT2D eigenvalue weighted by molar-refractivity contribution is 5.93. The Morgan fingerprint density at radius 2 is 2.05 bits per heavy atom. The Balaban J connectivity index is 2.10. The van der Waals surface area contributed by atoms with E-state index in [2.05, 4.69) is 9.97 Å². The van der Waals surface area contributed by atoms with Gasteiger partial charge in [-0.2, -0.15) is 0 Å². The van der Waals surface area contributed by atoms with E-state index in [1.54, 1.807) is 25.3 Å². The van der Waals surface area contributed by atoms with Crippen molar-refractivity contribution in [3.63, 3.8) is 0 Å². The molecule has 1 aromatic heterocycles. The molecule has 1 heterocycles. The molecular weight excluding hydrogens is 268 g/mol. The summed E-state index contributed by atoms with van der Waals surface area (Å²) in [6, 6.07) is 10.6. The van der Waals surface area contributed by atoms with Gasteiger partial charge in [0.2, 0.25) is 0 Å². The second-order valence-electron chi connectivity index (χ2n) is 4.80. The molecule has 0 atom stereocenters. The second kappa shape index (κ2) is 4.94. The predicted molar refractivity (Wildman–Crippen MR) is 79.8 cm³/mol. The van der Waals surface area contributed by atoms with Crippen LogP contribution in [0.1, 0.15) is 15.9 Å². The fourth-order valence-corrected chi connectivity index (χ4v) is 2.30. The van der Waals surface area contributed by atoms with E-state index in [-0.39, 0.29) is 5.56 Å². The summed E-state index contributed by atoms with van der Waals surface area (Å²) < 4.78 is 5.19. The van der Waals surface area contributed by atoms with Crippen molar-refractivity contribution in [1.82, 2.24) is 9.97 Å². The molecule has 106 valence electrons. The van der Waals surface area contributed by atoms with E-state index in [9.17, 15) is 4.79 Å². The Bertz CT molecular complexity index is 837. The van der Waals surface area contributed by atoms with Crippen LogP contribution in [0.2, 0.25) is 0 Å². The van der Waals surface area contributed by atoms with E-state index in [4.69, 9.17) is 9.84 Å². The Labute approximate surface area is 121 Å². The van der Waals surface area contributed by atoms with Crippen LogP contribution >= 0.6 is 0 Å². The summed E-state index contributed by atoms with van der Waals surface area (Å²) in [7, 11) is 1.63.